The summed E-state index contributed by atoms with van der Waals surface area (Å²) in [7, 11) is 0. The van der Waals surface area contributed by atoms with Crippen molar-refractivity contribution in [1.82, 2.24) is 24.7 Å². The van der Waals surface area contributed by atoms with E-state index in [2.05, 4.69) is 33.6 Å². The summed E-state index contributed by atoms with van der Waals surface area (Å²) in [5, 5.41) is 0. The number of aromatic nitrogens is 2. The second kappa shape index (κ2) is 7.24. The summed E-state index contributed by atoms with van der Waals surface area (Å²) >= 11 is 0. The van der Waals surface area contributed by atoms with Crippen molar-refractivity contribution in [2.24, 2.45) is 5.92 Å². The van der Waals surface area contributed by atoms with Crippen molar-refractivity contribution in [2.75, 3.05) is 45.8 Å². The summed E-state index contributed by atoms with van der Waals surface area (Å²) in [5.41, 5.74) is 1.46. The topological polar surface area (TPSA) is 52.6 Å². The van der Waals surface area contributed by atoms with Gasteiger partial charge in [-0.15, -0.1) is 0 Å². The summed E-state index contributed by atoms with van der Waals surface area (Å²) < 4.78 is 0. The minimum absolute atomic E-state index is 0.0892. The summed E-state index contributed by atoms with van der Waals surface area (Å²) in [6, 6.07) is 0.699. The number of fused-ring (bicyclic) bond motifs is 3. The van der Waals surface area contributed by atoms with E-state index in [4.69, 9.17) is 0 Å². The van der Waals surface area contributed by atoms with Crippen LogP contribution < -0.4 is 0 Å². The molecule has 1 atom stereocenters. The molecule has 6 heteroatoms. The van der Waals surface area contributed by atoms with Crippen LogP contribution >= 0.6 is 0 Å². The molecule has 1 amide bonds. The maximum Gasteiger partial charge on any atom is 0.257 e. The van der Waals surface area contributed by atoms with Crippen molar-refractivity contribution in [1.29, 1.82) is 0 Å². The first-order chi connectivity index (χ1) is 12.5. The van der Waals surface area contributed by atoms with E-state index < -0.39 is 0 Å². The van der Waals surface area contributed by atoms with E-state index in [9.17, 15) is 4.79 Å². The molecule has 4 fully saturated rings. The second-order valence-electron chi connectivity index (χ2n) is 8.42. The van der Waals surface area contributed by atoms with Crippen molar-refractivity contribution >= 4 is 5.91 Å². The van der Waals surface area contributed by atoms with Crippen LogP contribution in [0.15, 0.2) is 6.20 Å². The fourth-order valence-corrected chi connectivity index (χ4v) is 4.75. The molecule has 0 radical (unpaired) electrons. The zero-order valence-corrected chi connectivity index (χ0v) is 16.3. The third kappa shape index (κ3) is 3.37. The number of nitrogens with zero attached hydrogens (tertiary/aromatic N) is 5. The van der Waals surface area contributed by atoms with Crippen LogP contribution in [0.2, 0.25) is 0 Å². The van der Waals surface area contributed by atoms with Gasteiger partial charge in [-0.1, -0.05) is 13.8 Å². The number of rotatable bonds is 3. The Balaban J connectivity index is 1.38. The minimum atomic E-state index is 0.0892. The second-order valence-corrected chi connectivity index (χ2v) is 8.42. The number of hydrogen-bond acceptors (Lipinski definition) is 5. The van der Waals surface area contributed by atoms with Crippen molar-refractivity contribution in [3.05, 3.63) is 23.3 Å². The maximum absolute atomic E-state index is 12.9. The third-order valence-corrected chi connectivity index (χ3v) is 6.44. The van der Waals surface area contributed by atoms with Gasteiger partial charge in [0.1, 0.15) is 5.82 Å². The van der Waals surface area contributed by atoms with Gasteiger partial charge in [0.2, 0.25) is 0 Å². The molecule has 5 heterocycles. The molecule has 26 heavy (non-hydrogen) atoms. The van der Waals surface area contributed by atoms with Crippen LogP contribution in [-0.4, -0.2) is 82.4 Å². The highest BCUT2D eigenvalue weighted by Gasteiger charge is 2.38. The van der Waals surface area contributed by atoms with Gasteiger partial charge in [-0.25, -0.2) is 9.97 Å². The quantitative estimate of drug-likeness (QED) is 0.825. The van der Waals surface area contributed by atoms with Crippen molar-refractivity contribution in [3.8, 4) is 0 Å². The molecule has 0 aliphatic carbocycles. The maximum atomic E-state index is 12.9. The lowest BCUT2D eigenvalue weighted by Crippen LogP contribution is -2.61. The number of amides is 1. The van der Waals surface area contributed by atoms with E-state index in [1.54, 1.807) is 6.20 Å². The standard InChI is InChI=1S/C20H31N5O/c1-14(2)19-21-12-17(15(3)22-19)20(26)25-10-8-24(9-11-25)18-13-23-6-4-16(18)5-7-23/h12,14,16,18H,4-11,13H2,1-3H3. The minimum Gasteiger partial charge on any atom is -0.336 e. The largest absolute Gasteiger partial charge is 0.336 e. The van der Waals surface area contributed by atoms with Gasteiger partial charge in [-0.05, 0) is 38.8 Å². The fourth-order valence-electron chi connectivity index (χ4n) is 4.75. The van der Waals surface area contributed by atoms with Crippen LogP contribution in [0.4, 0.5) is 0 Å². The van der Waals surface area contributed by atoms with Gasteiger partial charge >= 0.3 is 0 Å². The van der Waals surface area contributed by atoms with Crippen LogP contribution in [-0.2, 0) is 0 Å². The first kappa shape index (κ1) is 17.9. The molecular weight excluding hydrogens is 326 g/mol. The molecular formula is C20H31N5O. The van der Waals surface area contributed by atoms with Gasteiger partial charge in [0.25, 0.3) is 5.91 Å². The molecule has 4 aliphatic heterocycles. The Kier molecular flexibility index (Phi) is 4.97. The first-order valence-electron chi connectivity index (χ1n) is 10.1. The Hall–Kier alpha value is -1.53. The molecule has 0 saturated carbocycles. The molecule has 1 unspecified atom stereocenters. The van der Waals surface area contributed by atoms with E-state index in [1.807, 2.05) is 11.8 Å². The van der Waals surface area contributed by atoms with Gasteiger partial charge < -0.3 is 9.80 Å². The molecule has 6 nitrogen and oxygen atoms in total. The Morgan fingerprint density at radius 3 is 2.35 bits per heavy atom. The number of piperazine rings is 1. The lowest BCUT2D eigenvalue weighted by molar-refractivity contribution is -0.0131. The van der Waals surface area contributed by atoms with Crippen LogP contribution in [0.1, 0.15) is 54.5 Å². The average Bonchev–Trinajstić information content (AvgIpc) is 2.68. The summed E-state index contributed by atoms with van der Waals surface area (Å²) in [4.78, 5) is 29.1. The predicted octanol–water partition coefficient (Wildman–Crippen LogP) is 1.76. The SMILES string of the molecule is Cc1nc(C(C)C)ncc1C(=O)N1CCN(C2CN3CCC2CC3)CC1. The normalized spacial score (nSPS) is 29.4. The zero-order chi connectivity index (χ0) is 18.3. The number of carbonyl (C=O) groups excluding carboxylic acids is 1. The zero-order valence-electron chi connectivity index (χ0n) is 16.3. The highest BCUT2D eigenvalue weighted by atomic mass is 16.2. The first-order valence-corrected chi connectivity index (χ1v) is 10.1. The monoisotopic (exact) mass is 357 g/mol. The molecule has 2 bridgehead atoms. The highest BCUT2D eigenvalue weighted by molar-refractivity contribution is 5.95. The lowest BCUT2D eigenvalue weighted by Gasteiger charge is -2.51. The number of piperidine rings is 3. The van der Waals surface area contributed by atoms with E-state index >= 15 is 0 Å². The van der Waals surface area contributed by atoms with E-state index in [0.717, 1.165) is 43.6 Å². The van der Waals surface area contributed by atoms with E-state index in [-0.39, 0.29) is 11.8 Å². The Morgan fingerprint density at radius 1 is 1.12 bits per heavy atom. The fraction of sp³-hybridized carbons (Fsp3) is 0.750. The smallest absolute Gasteiger partial charge is 0.257 e. The molecule has 1 aromatic rings. The van der Waals surface area contributed by atoms with Crippen LogP contribution in [0, 0.1) is 12.8 Å². The summed E-state index contributed by atoms with van der Waals surface area (Å²) in [6.45, 7) is 13.5. The Labute approximate surface area is 156 Å². The van der Waals surface area contributed by atoms with Crippen molar-refractivity contribution in [2.45, 2.75) is 45.6 Å². The number of carbonyl (C=O) groups is 1. The molecule has 4 aliphatic rings. The number of hydrogen-bond donors (Lipinski definition) is 0. The molecule has 142 valence electrons. The molecule has 1 aromatic heterocycles. The molecule has 0 spiro atoms. The van der Waals surface area contributed by atoms with E-state index in [0.29, 0.717) is 11.6 Å². The Morgan fingerprint density at radius 2 is 1.81 bits per heavy atom. The van der Waals surface area contributed by atoms with Gasteiger partial charge in [0.15, 0.2) is 0 Å². The predicted molar refractivity (Wildman–Crippen MR) is 101 cm³/mol. The molecule has 0 aromatic carbocycles. The van der Waals surface area contributed by atoms with Crippen LogP contribution in [0.3, 0.4) is 0 Å². The summed E-state index contributed by atoms with van der Waals surface area (Å²) in [5.74, 6) is 2.04. The number of aryl methyl sites for hydroxylation is 1. The van der Waals surface area contributed by atoms with Gasteiger partial charge in [-0.2, -0.15) is 0 Å². The summed E-state index contributed by atoms with van der Waals surface area (Å²) in [6.07, 6.45) is 4.42. The van der Waals surface area contributed by atoms with Gasteiger partial charge in [-0.3, -0.25) is 9.69 Å². The molecule has 5 rings (SSSR count). The highest BCUT2D eigenvalue weighted by Crippen LogP contribution is 2.31. The Bertz CT molecular complexity index is 660. The lowest BCUT2D eigenvalue weighted by atomic mass is 9.83. The third-order valence-electron chi connectivity index (χ3n) is 6.44. The van der Waals surface area contributed by atoms with Crippen molar-refractivity contribution in [3.63, 3.8) is 0 Å². The van der Waals surface area contributed by atoms with Gasteiger partial charge in [0, 0.05) is 50.9 Å². The molecule has 4 saturated heterocycles. The average molecular weight is 358 g/mol. The van der Waals surface area contributed by atoms with Crippen LogP contribution in [0.25, 0.3) is 0 Å². The van der Waals surface area contributed by atoms with Crippen molar-refractivity contribution < 1.29 is 4.79 Å². The van der Waals surface area contributed by atoms with Gasteiger partial charge in [0.05, 0.1) is 11.3 Å². The van der Waals surface area contributed by atoms with Crippen LogP contribution in [0.5, 0.6) is 0 Å². The molecule has 0 N–H and O–H groups in total. The van der Waals surface area contributed by atoms with E-state index in [1.165, 1.54) is 32.5 Å².